The van der Waals surface area contributed by atoms with Crippen molar-refractivity contribution in [2.45, 2.75) is 56.8 Å². The number of hydrogen-bond donors (Lipinski definition) is 0. The molecule has 2 atom stereocenters. The third-order valence-electron chi connectivity index (χ3n) is 6.94. The Morgan fingerprint density at radius 1 is 0.731 bits per heavy atom. The Balaban J connectivity index is 1.12. The highest BCUT2D eigenvalue weighted by atomic mass is 14.5. The van der Waals surface area contributed by atoms with Crippen LogP contribution < -0.4 is 0 Å². The molecule has 2 unspecified atom stereocenters. The normalized spacial score (nSPS) is 23.8. The van der Waals surface area contributed by atoms with Crippen LogP contribution in [0.3, 0.4) is 0 Å². The zero-order chi connectivity index (χ0) is 17.4. The van der Waals surface area contributed by atoms with Crippen molar-refractivity contribution in [3.05, 3.63) is 82.9 Å². The Morgan fingerprint density at radius 2 is 1.42 bits per heavy atom. The fourth-order valence-corrected chi connectivity index (χ4v) is 5.25. The summed E-state index contributed by atoms with van der Waals surface area (Å²) >= 11 is 0. The summed E-state index contributed by atoms with van der Waals surface area (Å²) in [5.41, 5.74) is 6.59. The first-order valence-electron chi connectivity index (χ1n) is 10.4. The molecule has 26 heavy (non-hydrogen) atoms. The monoisotopic (exact) mass is 340 g/mol. The Hall–Kier alpha value is -2.08. The molecule has 0 aliphatic heterocycles. The smallest absolute Gasteiger partial charge is 0.00837 e. The molecular weight excluding hydrogens is 312 g/mol. The SMILES string of the molecule is C1=CC(CCCCCC2(C3C=Cc4ccccc43)CC2)c2ccccc21. The molecule has 0 heterocycles. The van der Waals surface area contributed by atoms with Gasteiger partial charge in [-0.2, -0.15) is 0 Å². The predicted molar refractivity (Wildman–Crippen MR) is 111 cm³/mol. The molecule has 3 aliphatic rings. The largest absolute Gasteiger partial charge is 0.0764 e. The Labute approximate surface area is 157 Å². The van der Waals surface area contributed by atoms with Crippen molar-refractivity contribution in [3.63, 3.8) is 0 Å². The third kappa shape index (κ3) is 2.86. The molecule has 0 radical (unpaired) electrons. The zero-order valence-corrected chi connectivity index (χ0v) is 15.5. The van der Waals surface area contributed by atoms with Gasteiger partial charge in [-0.15, -0.1) is 0 Å². The highest BCUT2D eigenvalue weighted by Crippen LogP contribution is 2.61. The zero-order valence-electron chi connectivity index (χ0n) is 15.5. The predicted octanol–water partition coefficient (Wildman–Crippen LogP) is 7.34. The molecule has 0 N–H and O–H groups in total. The first-order chi connectivity index (χ1) is 12.9. The van der Waals surface area contributed by atoms with Gasteiger partial charge in [0.15, 0.2) is 0 Å². The summed E-state index contributed by atoms with van der Waals surface area (Å²) in [6, 6.07) is 17.9. The molecule has 132 valence electrons. The van der Waals surface area contributed by atoms with Gasteiger partial charge in [-0.1, -0.05) is 92.1 Å². The van der Waals surface area contributed by atoms with E-state index < -0.39 is 0 Å². The van der Waals surface area contributed by atoms with Gasteiger partial charge in [-0.25, -0.2) is 0 Å². The molecule has 3 aliphatic carbocycles. The Kier molecular flexibility index (Phi) is 4.08. The van der Waals surface area contributed by atoms with Crippen LogP contribution in [-0.4, -0.2) is 0 Å². The van der Waals surface area contributed by atoms with E-state index in [1.165, 1.54) is 56.1 Å². The van der Waals surface area contributed by atoms with Crippen molar-refractivity contribution >= 4 is 12.2 Å². The van der Waals surface area contributed by atoms with E-state index in [0.29, 0.717) is 17.3 Å². The fraction of sp³-hybridized carbons (Fsp3) is 0.385. The number of benzene rings is 2. The lowest BCUT2D eigenvalue weighted by Crippen LogP contribution is -2.11. The van der Waals surface area contributed by atoms with E-state index in [-0.39, 0.29) is 0 Å². The average Bonchev–Trinajstić information content (AvgIpc) is 3.15. The maximum absolute atomic E-state index is 2.48. The second-order valence-corrected chi connectivity index (χ2v) is 8.52. The van der Waals surface area contributed by atoms with Crippen molar-refractivity contribution in [1.29, 1.82) is 0 Å². The third-order valence-corrected chi connectivity index (χ3v) is 6.94. The van der Waals surface area contributed by atoms with Gasteiger partial charge in [0.05, 0.1) is 0 Å². The van der Waals surface area contributed by atoms with E-state index in [1.807, 2.05) is 0 Å². The lowest BCUT2D eigenvalue weighted by Gasteiger charge is -2.23. The van der Waals surface area contributed by atoms with E-state index in [9.17, 15) is 0 Å². The molecule has 0 amide bonds. The van der Waals surface area contributed by atoms with Gasteiger partial charge < -0.3 is 0 Å². The minimum absolute atomic E-state index is 0.586. The van der Waals surface area contributed by atoms with Crippen LogP contribution in [0.25, 0.3) is 12.2 Å². The van der Waals surface area contributed by atoms with Gasteiger partial charge in [0.2, 0.25) is 0 Å². The number of rotatable bonds is 7. The number of allylic oxidation sites excluding steroid dienone is 2. The molecule has 0 bridgehead atoms. The summed E-state index contributed by atoms with van der Waals surface area (Å²) in [5, 5.41) is 0. The van der Waals surface area contributed by atoms with E-state index in [2.05, 4.69) is 72.8 Å². The number of fused-ring (bicyclic) bond motifs is 2. The first kappa shape index (κ1) is 16.1. The second kappa shape index (κ2) is 6.58. The summed E-state index contributed by atoms with van der Waals surface area (Å²) in [5.74, 6) is 1.34. The topological polar surface area (TPSA) is 0 Å². The van der Waals surface area contributed by atoms with Gasteiger partial charge in [-0.05, 0) is 53.4 Å². The Bertz CT molecular complexity index is 850. The summed E-state index contributed by atoms with van der Waals surface area (Å²) in [7, 11) is 0. The molecule has 0 spiro atoms. The Morgan fingerprint density at radius 3 is 2.23 bits per heavy atom. The summed E-state index contributed by atoms with van der Waals surface area (Å²) in [6.07, 6.45) is 19.3. The first-order valence-corrected chi connectivity index (χ1v) is 10.4. The van der Waals surface area contributed by atoms with Crippen LogP contribution in [0.4, 0.5) is 0 Å². The molecular formula is C26H28. The van der Waals surface area contributed by atoms with Crippen LogP contribution in [0, 0.1) is 5.41 Å². The average molecular weight is 341 g/mol. The maximum atomic E-state index is 2.48. The lowest BCUT2D eigenvalue weighted by molar-refractivity contribution is 0.396. The molecule has 0 aromatic heterocycles. The number of hydrogen-bond acceptors (Lipinski definition) is 0. The van der Waals surface area contributed by atoms with Gasteiger partial charge >= 0.3 is 0 Å². The molecule has 1 saturated carbocycles. The summed E-state index contributed by atoms with van der Waals surface area (Å²) < 4.78 is 0. The maximum Gasteiger partial charge on any atom is 0.00837 e. The van der Waals surface area contributed by atoms with E-state index in [0.717, 1.165) is 0 Å². The summed E-state index contributed by atoms with van der Waals surface area (Å²) in [4.78, 5) is 0. The van der Waals surface area contributed by atoms with Crippen molar-refractivity contribution in [2.24, 2.45) is 5.41 Å². The number of unbranched alkanes of at least 4 members (excludes halogenated alkanes) is 2. The summed E-state index contributed by atoms with van der Waals surface area (Å²) in [6.45, 7) is 0. The van der Waals surface area contributed by atoms with Crippen molar-refractivity contribution < 1.29 is 0 Å². The second-order valence-electron chi connectivity index (χ2n) is 8.52. The highest BCUT2D eigenvalue weighted by Gasteiger charge is 2.49. The fourth-order valence-electron chi connectivity index (χ4n) is 5.25. The quantitative estimate of drug-likeness (QED) is 0.463. The van der Waals surface area contributed by atoms with Crippen LogP contribution in [-0.2, 0) is 0 Å². The van der Waals surface area contributed by atoms with Crippen molar-refractivity contribution in [2.75, 3.05) is 0 Å². The van der Waals surface area contributed by atoms with E-state index in [1.54, 1.807) is 11.1 Å². The van der Waals surface area contributed by atoms with Crippen LogP contribution in [0.15, 0.2) is 60.7 Å². The molecule has 0 saturated heterocycles. The molecule has 2 aromatic carbocycles. The van der Waals surface area contributed by atoms with Crippen LogP contribution in [0.5, 0.6) is 0 Å². The minimum atomic E-state index is 0.586. The van der Waals surface area contributed by atoms with Gasteiger partial charge in [0.1, 0.15) is 0 Å². The molecule has 2 aromatic rings. The highest BCUT2D eigenvalue weighted by molar-refractivity contribution is 5.63. The molecule has 0 nitrogen and oxygen atoms in total. The van der Waals surface area contributed by atoms with E-state index >= 15 is 0 Å². The molecule has 1 fully saturated rings. The van der Waals surface area contributed by atoms with Gasteiger partial charge in [0, 0.05) is 11.8 Å². The van der Waals surface area contributed by atoms with Crippen LogP contribution >= 0.6 is 0 Å². The lowest BCUT2D eigenvalue weighted by atomic mass is 9.81. The standard InChI is InChI=1S/C26H28/c1(2-8-20-13-14-21-9-3-5-11-23(20)21)7-17-26(18-19-26)25-16-15-22-10-4-6-12-24(22)25/h3-6,9-16,20,25H,1-2,7-8,17-19H2. The van der Waals surface area contributed by atoms with E-state index in [4.69, 9.17) is 0 Å². The van der Waals surface area contributed by atoms with Gasteiger partial charge in [0.25, 0.3) is 0 Å². The minimum Gasteiger partial charge on any atom is -0.0764 e. The van der Waals surface area contributed by atoms with Crippen molar-refractivity contribution in [1.82, 2.24) is 0 Å². The van der Waals surface area contributed by atoms with Crippen molar-refractivity contribution in [3.8, 4) is 0 Å². The molecule has 5 rings (SSSR count). The van der Waals surface area contributed by atoms with Gasteiger partial charge in [-0.3, -0.25) is 0 Å². The van der Waals surface area contributed by atoms with Crippen LogP contribution in [0.2, 0.25) is 0 Å². The van der Waals surface area contributed by atoms with Crippen LogP contribution in [0.1, 0.15) is 79.0 Å². The molecule has 0 heteroatoms.